The molecule has 1 fully saturated rings. The summed E-state index contributed by atoms with van der Waals surface area (Å²) >= 11 is 0. The van der Waals surface area contributed by atoms with Crippen LogP contribution in [-0.2, 0) is 4.74 Å². The molecule has 0 amide bonds. The zero-order valence-corrected chi connectivity index (χ0v) is 15.7. The van der Waals surface area contributed by atoms with Crippen LogP contribution in [0.1, 0.15) is 25.1 Å². The monoisotopic (exact) mass is 371 g/mol. The van der Waals surface area contributed by atoms with Crippen molar-refractivity contribution >= 4 is 17.2 Å². The highest BCUT2D eigenvalue weighted by Gasteiger charge is 2.32. The van der Waals surface area contributed by atoms with Crippen molar-refractivity contribution in [1.82, 2.24) is 9.97 Å². The van der Waals surface area contributed by atoms with E-state index in [9.17, 15) is 5.11 Å². The molecule has 3 rings (SSSR count). The van der Waals surface area contributed by atoms with Crippen LogP contribution < -0.4 is 15.4 Å². The molecule has 1 aliphatic heterocycles. The number of hydrogen-bond donors (Lipinski definition) is 3. The van der Waals surface area contributed by atoms with E-state index in [-0.39, 0.29) is 17.9 Å². The van der Waals surface area contributed by atoms with Gasteiger partial charge in [-0.25, -0.2) is 9.97 Å². The Morgan fingerprint density at radius 1 is 1.30 bits per heavy atom. The summed E-state index contributed by atoms with van der Waals surface area (Å²) in [5.74, 6) is 1.29. The molecule has 1 aromatic heterocycles. The Morgan fingerprint density at radius 3 is 2.74 bits per heavy atom. The van der Waals surface area contributed by atoms with Crippen LogP contribution in [0.5, 0.6) is 5.75 Å². The van der Waals surface area contributed by atoms with Gasteiger partial charge in [0.1, 0.15) is 24.0 Å². The second-order valence-corrected chi connectivity index (χ2v) is 6.80. The summed E-state index contributed by atoms with van der Waals surface area (Å²) < 4.78 is 11.0. The zero-order valence-electron chi connectivity index (χ0n) is 15.7. The molecule has 1 aromatic carbocycles. The minimum Gasteiger partial charge on any atom is -0.491 e. The van der Waals surface area contributed by atoms with E-state index in [0.29, 0.717) is 41.6 Å². The highest BCUT2D eigenvalue weighted by Crippen LogP contribution is 2.25. The fourth-order valence-corrected chi connectivity index (χ4v) is 3.07. The van der Waals surface area contributed by atoms with Crippen LogP contribution in [0, 0.1) is 5.41 Å². The van der Waals surface area contributed by atoms with Gasteiger partial charge in [0, 0.05) is 37.5 Å². The number of ether oxygens (including phenoxy) is 2. The molecule has 2 atom stereocenters. The first-order valence-electron chi connectivity index (χ1n) is 8.82. The molecule has 1 aliphatic rings. The summed E-state index contributed by atoms with van der Waals surface area (Å²) in [6.07, 6.45) is 0.601. The van der Waals surface area contributed by atoms with Gasteiger partial charge in [-0.3, -0.25) is 5.41 Å². The normalized spacial score (nSPS) is 19.5. The first-order valence-corrected chi connectivity index (χ1v) is 8.82. The molecule has 8 heteroatoms. The van der Waals surface area contributed by atoms with Crippen LogP contribution in [0.25, 0.3) is 0 Å². The standard InChI is InChI=1S/C19H25N5O3/c1-11(2)27-12-4-5-14(20)13(6-12)19(21)15-7-18(23-10-22-15)24-8-16(25)17(9-24)26-3/h4-7,10-11,16-17,21,25H,8-9,20H2,1-3H3/t16-,17-/m0/s1. The van der Waals surface area contributed by atoms with E-state index in [0.717, 1.165) is 0 Å². The first kappa shape index (κ1) is 19.1. The van der Waals surface area contributed by atoms with Crippen molar-refractivity contribution in [3.8, 4) is 5.75 Å². The van der Waals surface area contributed by atoms with Crippen molar-refractivity contribution in [1.29, 1.82) is 5.41 Å². The lowest BCUT2D eigenvalue weighted by molar-refractivity contribution is 0.0217. The van der Waals surface area contributed by atoms with Crippen LogP contribution in [0.2, 0.25) is 0 Å². The number of nitrogen functional groups attached to an aromatic ring is 1. The van der Waals surface area contributed by atoms with Gasteiger partial charge >= 0.3 is 0 Å². The summed E-state index contributed by atoms with van der Waals surface area (Å²) in [7, 11) is 1.58. The molecule has 0 radical (unpaired) electrons. The van der Waals surface area contributed by atoms with Crippen molar-refractivity contribution in [2.24, 2.45) is 0 Å². The molecule has 0 spiro atoms. The molecule has 0 aliphatic carbocycles. The summed E-state index contributed by atoms with van der Waals surface area (Å²) in [6.45, 7) is 4.83. The zero-order chi connectivity index (χ0) is 19.6. The number of nitrogens with zero attached hydrogens (tertiary/aromatic N) is 3. The molecule has 0 bridgehead atoms. The molecule has 4 N–H and O–H groups in total. The maximum absolute atomic E-state index is 10.0. The third kappa shape index (κ3) is 4.17. The number of hydrogen-bond acceptors (Lipinski definition) is 8. The number of aliphatic hydroxyl groups excluding tert-OH is 1. The Labute approximate surface area is 158 Å². The number of aromatic nitrogens is 2. The Bertz CT molecular complexity index is 827. The number of aliphatic hydroxyl groups is 1. The quantitative estimate of drug-likeness (QED) is 0.520. The fourth-order valence-electron chi connectivity index (χ4n) is 3.07. The SMILES string of the molecule is CO[C@H]1CN(c2cc(C(=N)c3cc(OC(C)C)ccc3N)ncn2)C[C@@H]1O. The fraction of sp³-hybridized carbons (Fsp3) is 0.421. The van der Waals surface area contributed by atoms with E-state index in [1.54, 1.807) is 31.4 Å². The summed E-state index contributed by atoms with van der Waals surface area (Å²) in [5.41, 5.74) is 7.74. The molecule has 2 heterocycles. The van der Waals surface area contributed by atoms with Gasteiger partial charge < -0.3 is 25.2 Å². The van der Waals surface area contributed by atoms with Crippen molar-refractivity contribution < 1.29 is 14.6 Å². The minimum atomic E-state index is -0.576. The van der Waals surface area contributed by atoms with Gasteiger partial charge in [-0.15, -0.1) is 0 Å². The molecular weight excluding hydrogens is 346 g/mol. The van der Waals surface area contributed by atoms with Crippen molar-refractivity contribution in [2.75, 3.05) is 30.8 Å². The van der Waals surface area contributed by atoms with Crippen LogP contribution >= 0.6 is 0 Å². The number of rotatable bonds is 6. The molecule has 0 unspecified atom stereocenters. The molecule has 27 heavy (non-hydrogen) atoms. The van der Waals surface area contributed by atoms with E-state index in [4.69, 9.17) is 20.6 Å². The summed E-state index contributed by atoms with van der Waals surface area (Å²) in [4.78, 5) is 10.4. The number of nitrogens with one attached hydrogen (secondary N) is 1. The second kappa shape index (κ2) is 7.89. The second-order valence-electron chi connectivity index (χ2n) is 6.80. The lowest BCUT2D eigenvalue weighted by atomic mass is 10.0. The molecule has 0 saturated carbocycles. The van der Waals surface area contributed by atoms with Crippen LogP contribution in [0.4, 0.5) is 11.5 Å². The maximum Gasteiger partial charge on any atom is 0.132 e. The Morgan fingerprint density at radius 2 is 2.07 bits per heavy atom. The van der Waals surface area contributed by atoms with Gasteiger partial charge in [0.2, 0.25) is 0 Å². The van der Waals surface area contributed by atoms with Gasteiger partial charge in [-0.05, 0) is 32.0 Å². The molecule has 144 valence electrons. The van der Waals surface area contributed by atoms with E-state index in [1.165, 1.54) is 6.33 Å². The average molecular weight is 371 g/mol. The third-order valence-corrected chi connectivity index (χ3v) is 4.44. The molecule has 1 saturated heterocycles. The Balaban J connectivity index is 1.86. The van der Waals surface area contributed by atoms with Crippen LogP contribution in [-0.4, -0.2) is 59.3 Å². The van der Waals surface area contributed by atoms with Crippen molar-refractivity contribution in [3.63, 3.8) is 0 Å². The molecule has 2 aromatic rings. The Kier molecular flexibility index (Phi) is 5.57. The summed E-state index contributed by atoms with van der Waals surface area (Å²) in [6, 6.07) is 6.99. The third-order valence-electron chi connectivity index (χ3n) is 4.44. The molecule has 8 nitrogen and oxygen atoms in total. The number of anilines is 2. The first-order chi connectivity index (χ1) is 12.9. The predicted molar refractivity (Wildman–Crippen MR) is 104 cm³/mol. The average Bonchev–Trinajstić information content (AvgIpc) is 3.03. The maximum atomic E-state index is 10.0. The number of nitrogens with two attached hydrogens (primary N) is 1. The van der Waals surface area contributed by atoms with Gasteiger partial charge in [-0.2, -0.15) is 0 Å². The van der Waals surface area contributed by atoms with Crippen LogP contribution in [0.15, 0.2) is 30.6 Å². The van der Waals surface area contributed by atoms with Gasteiger partial charge in [0.25, 0.3) is 0 Å². The highest BCUT2D eigenvalue weighted by molar-refractivity contribution is 6.13. The van der Waals surface area contributed by atoms with E-state index in [2.05, 4.69) is 9.97 Å². The van der Waals surface area contributed by atoms with E-state index < -0.39 is 6.10 Å². The van der Waals surface area contributed by atoms with Crippen LogP contribution in [0.3, 0.4) is 0 Å². The Hall–Kier alpha value is -2.71. The summed E-state index contributed by atoms with van der Waals surface area (Å²) in [5, 5.41) is 18.6. The van der Waals surface area contributed by atoms with E-state index in [1.807, 2.05) is 18.7 Å². The minimum absolute atomic E-state index is 0.0247. The van der Waals surface area contributed by atoms with Crippen molar-refractivity contribution in [2.45, 2.75) is 32.2 Å². The lowest BCUT2D eigenvalue weighted by Crippen LogP contribution is -2.25. The lowest BCUT2D eigenvalue weighted by Gasteiger charge is -2.17. The van der Waals surface area contributed by atoms with Crippen molar-refractivity contribution in [3.05, 3.63) is 41.9 Å². The number of benzene rings is 1. The molecular formula is C19H25N5O3. The van der Waals surface area contributed by atoms with Gasteiger partial charge in [0.05, 0.1) is 23.6 Å². The predicted octanol–water partition coefficient (Wildman–Crippen LogP) is 1.46. The van der Waals surface area contributed by atoms with Gasteiger partial charge in [-0.1, -0.05) is 0 Å². The largest absolute Gasteiger partial charge is 0.491 e. The number of methoxy groups -OCH3 is 1. The smallest absolute Gasteiger partial charge is 0.132 e. The van der Waals surface area contributed by atoms with Gasteiger partial charge in [0.15, 0.2) is 0 Å². The number of β-amino-alcohol motifs (C(OH)–C–C–N with tert-alkyl or cyclic N) is 1. The topological polar surface area (TPSA) is 118 Å². The highest BCUT2D eigenvalue weighted by atomic mass is 16.5. The van der Waals surface area contributed by atoms with E-state index >= 15 is 0 Å².